The molecule has 2 nitrogen and oxygen atoms in total. The van der Waals surface area contributed by atoms with Gasteiger partial charge in [0, 0.05) is 22.6 Å². The Morgan fingerprint density at radius 2 is 1.62 bits per heavy atom. The molecule has 0 saturated carbocycles. The Kier molecular flexibility index (Phi) is 5.31. The van der Waals surface area contributed by atoms with Gasteiger partial charge in [0.05, 0.1) is 11.7 Å². The molecule has 2 aromatic carbocycles. The average Bonchev–Trinajstić information content (AvgIpc) is 2.46. The normalized spacial score (nSPS) is 13.8. The Morgan fingerprint density at radius 3 is 2.14 bits per heavy atom. The van der Waals surface area contributed by atoms with Gasteiger partial charge >= 0.3 is 0 Å². The maximum atomic E-state index is 5.95. The zero-order chi connectivity index (χ0) is 15.6. The molecule has 0 aliphatic carbocycles. The maximum Gasteiger partial charge on any atom is 0.0513 e. The summed E-state index contributed by atoms with van der Waals surface area (Å²) in [7, 11) is 2.09. The molecular weight excluding hydrogens is 348 g/mol. The highest BCUT2D eigenvalue weighted by atomic mass is 79.9. The average molecular weight is 368 g/mol. The van der Waals surface area contributed by atoms with Crippen molar-refractivity contribution in [2.75, 3.05) is 11.9 Å². The van der Waals surface area contributed by atoms with Gasteiger partial charge in [-0.2, -0.15) is 0 Å². The summed E-state index contributed by atoms with van der Waals surface area (Å²) in [6.07, 6.45) is 0. The summed E-state index contributed by atoms with van der Waals surface area (Å²) in [4.78, 5) is 2.23. The second-order valence-electron chi connectivity index (χ2n) is 5.34. The van der Waals surface area contributed by atoms with E-state index in [4.69, 9.17) is 17.3 Å². The van der Waals surface area contributed by atoms with Gasteiger partial charge in [0.2, 0.25) is 0 Å². The summed E-state index contributed by atoms with van der Waals surface area (Å²) in [5.41, 5.74) is 9.42. The van der Waals surface area contributed by atoms with Crippen molar-refractivity contribution in [3.8, 4) is 0 Å². The van der Waals surface area contributed by atoms with Gasteiger partial charge in [0.25, 0.3) is 0 Å². The van der Waals surface area contributed by atoms with E-state index in [0.717, 1.165) is 20.7 Å². The summed E-state index contributed by atoms with van der Waals surface area (Å²) in [5.74, 6) is 0. The van der Waals surface area contributed by atoms with Crippen LogP contribution >= 0.6 is 27.5 Å². The molecule has 0 heterocycles. The minimum atomic E-state index is 0.0364. The standard InChI is InChI=1S/C17H20BrClN2/c1-11(20)14-6-9-17(16(18)10-14)21(3)12(2)13-4-7-15(19)8-5-13/h4-12H,20H2,1-3H3/t11-,12?/m1/s1. The van der Waals surface area contributed by atoms with Crippen molar-refractivity contribution in [1.82, 2.24) is 0 Å². The SMILES string of the molecule is CC(c1ccc(Cl)cc1)N(C)c1ccc([C@@H](C)N)cc1Br. The van der Waals surface area contributed by atoms with Crippen molar-refractivity contribution < 1.29 is 0 Å². The van der Waals surface area contributed by atoms with Crippen molar-refractivity contribution in [1.29, 1.82) is 0 Å². The fourth-order valence-corrected chi connectivity index (χ4v) is 3.07. The zero-order valence-electron chi connectivity index (χ0n) is 12.5. The molecule has 2 rings (SSSR count). The monoisotopic (exact) mass is 366 g/mol. The largest absolute Gasteiger partial charge is 0.367 e. The van der Waals surface area contributed by atoms with Crippen molar-refractivity contribution in [3.63, 3.8) is 0 Å². The van der Waals surface area contributed by atoms with Crippen LogP contribution < -0.4 is 10.6 Å². The lowest BCUT2D eigenvalue weighted by Crippen LogP contribution is -2.22. The van der Waals surface area contributed by atoms with E-state index < -0.39 is 0 Å². The Bertz CT molecular complexity index is 611. The van der Waals surface area contributed by atoms with E-state index in [1.54, 1.807) is 0 Å². The van der Waals surface area contributed by atoms with Crippen molar-refractivity contribution in [2.24, 2.45) is 5.73 Å². The van der Waals surface area contributed by atoms with Crippen LogP contribution in [-0.4, -0.2) is 7.05 Å². The third-order valence-corrected chi connectivity index (χ3v) is 4.70. The molecule has 0 radical (unpaired) electrons. The van der Waals surface area contributed by atoms with E-state index in [-0.39, 0.29) is 12.1 Å². The van der Waals surface area contributed by atoms with Crippen LogP contribution in [0, 0.1) is 0 Å². The Hall–Kier alpha value is -1.03. The lowest BCUT2D eigenvalue weighted by atomic mass is 10.1. The van der Waals surface area contributed by atoms with Crippen LogP contribution in [0.3, 0.4) is 0 Å². The minimum absolute atomic E-state index is 0.0364. The first-order valence-corrected chi connectivity index (χ1v) is 8.10. The fraction of sp³-hybridized carbons (Fsp3) is 0.294. The van der Waals surface area contributed by atoms with Crippen LogP contribution in [0.1, 0.15) is 37.1 Å². The molecule has 0 aliphatic rings. The molecule has 0 saturated heterocycles. The second-order valence-corrected chi connectivity index (χ2v) is 6.63. The van der Waals surface area contributed by atoms with Gasteiger partial charge in [0.1, 0.15) is 0 Å². The van der Waals surface area contributed by atoms with Crippen LogP contribution in [0.5, 0.6) is 0 Å². The first-order chi connectivity index (χ1) is 9.90. The minimum Gasteiger partial charge on any atom is -0.367 e. The number of hydrogen-bond acceptors (Lipinski definition) is 2. The zero-order valence-corrected chi connectivity index (χ0v) is 14.8. The smallest absolute Gasteiger partial charge is 0.0513 e. The van der Waals surface area contributed by atoms with Crippen molar-refractivity contribution in [3.05, 3.63) is 63.1 Å². The molecule has 0 amide bonds. The van der Waals surface area contributed by atoms with E-state index in [9.17, 15) is 0 Å². The predicted molar refractivity (Wildman–Crippen MR) is 95.0 cm³/mol. The lowest BCUT2D eigenvalue weighted by Gasteiger charge is -2.29. The second kappa shape index (κ2) is 6.82. The Morgan fingerprint density at radius 1 is 1.05 bits per heavy atom. The molecule has 1 unspecified atom stereocenters. The molecule has 0 aromatic heterocycles. The van der Waals surface area contributed by atoms with Gasteiger partial charge < -0.3 is 10.6 Å². The third kappa shape index (κ3) is 3.79. The van der Waals surface area contributed by atoms with Crippen LogP contribution in [-0.2, 0) is 0 Å². The number of halogens is 2. The summed E-state index contributed by atoms with van der Waals surface area (Å²) in [5, 5.41) is 0.760. The highest BCUT2D eigenvalue weighted by molar-refractivity contribution is 9.10. The van der Waals surface area contributed by atoms with Crippen LogP contribution in [0.4, 0.5) is 5.69 Å². The van der Waals surface area contributed by atoms with Crippen molar-refractivity contribution >= 4 is 33.2 Å². The number of nitrogens with zero attached hydrogens (tertiary/aromatic N) is 1. The van der Waals surface area contributed by atoms with E-state index in [0.29, 0.717) is 0 Å². The topological polar surface area (TPSA) is 29.3 Å². The first kappa shape index (κ1) is 16.3. The number of nitrogens with two attached hydrogens (primary N) is 1. The molecule has 4 heteroatoms. The lowest BCUT2D eigenvalue weighted by molar-refractivity contribution is 0.737. The first-order valence-electron chi connectivity index (χ1n) is 6.93. The Labute approximate surface area is 140 Å². The van der Waals surface area contributed by atoms with Gasteiger partial charge in [-0.1, -0.05) is 29.8 Å². The number of anilines is 1. The Balaban J connectivity index is 2.26. The van der Waals surface area contributed by atoms with Gasteiger partial charge in [-0.25, -0.2) is 0 Å². The maximum absolute atomic E-state index is 5.95. The third-order valence-electron chi connectivity index (χ3n) is 3.81. The summed E-state index contributed by atoms with van der Waals surface area (Å²) >= 11 is 9.60. The number of hydrogen-bond donors (Lipinski definition) is 1. The van der Waals surface area contributed by atoms with Crippen LogP contribution in [0.2, 0.25) is 5.02 Å². The van der Waals surface area contributed by atoms with E-state index in [1.807, 2.05) is 19.1 Å². The highest BCUT2D eigenvalue weighted by Crippen LogP contribution is 2.33. The quantitative estimate of drug-likeness (QED) is 0.792. The predicted octanol–water partition coefficient (Wildman–Crippen LogP) is 5.32. The van der Waals surface area contributed by atoms with Gasteiger partial charge in [-0.3, -0.25) is 0 Å². The molecule has 2 N–H and O–H groups in total. The highest BCUT2D eigenvalue weighted by Gasteiger charge is 2.15. The molecule has 2 atom stereocenters. The fourth-order valence-electron chi connectivity index (χ4n) is 2.27. The summed E-state index contributed by atoms with van der Waals surface area (Å²) < 4.78 is 1.06. The molecule has 0 aliphatic heterocycles. The van der Waals surface area contributed by atoms with Crippen LogP contribution in [0.15, 0.2) is 46.9 Å². The summed E-state index contributed by atoms with van der Waals surface area (Å²) in [6.45, 7) is 4.16. The van der Waals surface area contributed by atoms with E-state index in [1.165, 1.54) is 5.56 Å². The number of benzene rings is 2. The molecule has 0 fully saturated rings. The van der Waals surface area contributed by atoms with Gasteiger partial charge in [-0.15, -0.1) is 0 Å². The van der Waals surface area contributed by atoms with Crippen LogP contribution in [0.25, 0.3) is 0 Å². The van der Waals surface area contributed by atoms with E-state index >= 15 is 0 Å². The molecule has 0 spiro atoms. The van der Waals surface area contributed by atoms with Gasteiger partial charge in [0.15, 0.2) is 0 Å². The van der Waals surface area contributed by atoms with E-state index in [2.05, 4.69) is 65.1 Å². The molecule has 112 valence electrons. The van der Waals surface area contributed by atoms with Crippen molar-refractivity contribution in [2.45, 2.75) is 25.9 Å². The summed E-state index contributed by atoms with van der Waals surface area (Å²) in [6, 6.07) is 14.5. The number of rotatable bonds is 4. The molecular formula is C17H20BrClN2. The molecule has 21 heavy (non-hydrogen) atoms. The molecule has 0 bridgehead atoms. The molecule has 2 aromatic rings. The van der Waals surface area contributed by atoms with Gasteiger partial charge in [-0.05, 0) is 65.2 Å².